The van der Waals surface area contributed by atoms with Gasteiger partial charge < -0.3 is 10.2 Å². The molecule has 4 heteroatoms. The lowest BCUT2D eigenvalue weighted by Gasteiger charge is -2.36. The van der Waals surface area contributed by atoms with Crippen molar-refractivity contribution < 1.29 is 0 Å². The molecule has 3 nitrogen and oxygen atoms in total. The summed E-state index contributed by atoms with van der Waals surface area (Å²) in [6.45, 7) is 5.57. The molecular weight excluding hydrogens is 278 g/mol. The highest BCUT2D eigenvalue weighted by Crippen LogP contribution is 2.32. The van der Waals surface area contributed by atoms with E-state index in [0.717, 1.165) is 35.3 Å². The molecule has 0 aromatic carbocycles. The molecule has 2 aliphatic rings. The zero-order valence-corrected chi connectivity index (χ0v) is 11.7. The average Bonchev–Trinajstić information content (AvgIpc) is 2.79. The molecule has 0 aliphatic carbocycles. The first-order valence-electron chi connectivity index (χ1n) is 6.35. The fourth-order valence-corrected chi connectivity index (χ4v) is 3.47. The molecule has 0 saturated carbocycles. The number of nitrogens with zero attached hydrogens (tertiary/aromatic N) is 2. The van der Waals surface area contributed by atoms with Gasteiger partial charge in [-0.15, -0.1) is 0 Å². The maximum absolute atomic E-state index is 4.54. The summed E-state index contributed by atoms with van der Waals surface area (Å²) in [5.74, 6) is 1.92. The molecule has 1 N–H and O–H groups in total. The van der Waals surface area contributed by atoms with E-state index in [1.54, 1.807) is 0 Å². The van der Waals surface area contributed by atoms with Crippen molar-refractivity contribution in [3.8, 4) is 0 Å². The summed E-state index contributed by atoms with van der Waals surface area (Å²) in [6.07, 6.45) is 4.46. The lowest BCUT2D eigenvalue weighted by atomic mass is 9.93. The number of anilines is 1. The molecule has 17 heavy (non-hydrogen) atoms. The zero-order valence-electron chi connectivity index (χ0n) is 10.1. The molecule has 0 spiro atoms. The monoisotopic (exact) mass is 295 g/mol. The van der Waals surface area contributed by atoms with Crippen LogP contribution in [0.15, 0.2) is 16.7 Å². The van der Waals surface area contributed by atoms with E-state index in [-0.39, 0.29) is 0 Å². The molecule has 0 bridgehead atoms. The smallest absolute Gasteiger partial charge is 0.143 e. The quantitative estimate of drug-likeness (QED) is 0.862. The third kappa shape index (κ3) is 2.08. The van der Waals surface area contributed by atoms with Crippen molar-refractivity contribution in [3.05, 3.63) is 22.3 Å². The molecule has 2 aliphatic heterocycles. The van der Waals surface area contributed by atoms with E-state index >= 15 is 0 Å². The number of nitrogens with one attached hydrogen (secondary N) is 1. The van der Waals surface area contributed by atoms with Crippen LogP contribution in [0.2, 0.25) is 0 Å². The van der Waals surface area contributed by atoms with E-state index < -0.39 is 0 Å². The first kappa shape index (κ1) is 11.5. The van der Waals surface area contributed by atoms with Gasteiger partial charge in [0.1, 0.15) is 5.82 Å². The summed E-state index contributed by atoms with van der Waals surface area (Å²) in [5.41, 5.74) is 1.27. The van der Waals surface area contributed by atoms with E-state index in [2.05, 4.69) is 44.1 Å². The molecule has 2 fully saturated rings. The predicted molar refractivity (Wildman–Crippen MR) is 73.4 cm³/mol. The first-order chi connectivity index (χ1) is 8.25. The number of fused-ring (bicyclic) bond motifs is 1. The van der Waals surface area contributed by atoms with Crippen LogP contribution in [0.3, 0.4) is 0 Å². The fourth-order valence-electron chi connectivity index (χ4n) is 2.99. The SMILES string of the molecule is Cc1ccnc(N2CCC3NCCC3C2)c1Br. The molecule has 2 atom stereocenters. The second-order valence-corrected chi connectivity index (χ2v) is 5.90. The van der Waals surface area contributed by atoms with Gasteiger partial charge in [-0.2, -0.15) is 0 Å². The number of aromatic nitrogens is 1. The van der Waals surface area contributed by atoms with Crippen LogP contribution >= 0.6 is 15.9 Å². The molecule has 2 saturated heterocycles. The van der Waals surface area contributed by atoms with Crippen LogP contribution in [-0.4, -0.2) is 30.7 Å². The maximum Gasteiger partial charge on any atom is 0.143 e. The van der Waals surface area contributed by atoms with Crippen molar-refractivity contribution in [2.75, 3.05) is 24.5 Å². The number of hydrogen-bond acceptors (Lipinski definition) is 3. The molecule has 3 rings (SSSR count). The van der Waals surface area contributed by atoms with Gasteiger partial charge in [-0.3, -0.25) is 0 Å². The Labute approximate surface area is 111 Å². The molecule has 1 aromatic heterocycles. The Kier molecular flexibility index (Phi) is 3.09. The van der Waals surface area contributed by atoms with Crippen molar-refractivity contribution in [3.63, 3.8) is 0 Å². The van der Waals surface area contributed by atoms with Gasteiger partial charge >= 0.3 is 0 Å². The highest BCUT2D eigenvalue weighted by molar-refractivity contribution is 9.10. The Bertz CT molecular complexity index is 421. The zero-order chi connectivity index (χ0) is 11.8. The second kappa shape index (κ2) is 4.58. The van der Waals surface area contributed by atoms with E-state index in [9.17, 15) is 0 Å². The molecule has 2 unspecified atom stereocenters. The third-order valence-electron chi connectivity index (χ3n) is 4.02. The lowest BCUT2D eigenvalue weighted by molar-refractivity contribution is 0.374. The number of pyridine rings is 1. The minimum absolute atomic E-state index is 0.745. The van der Waals surface area contributed by atoms with Gasteiger partial charge in [0.25, 0.3) is 0 Å². The third-order valence-corrected chi connectivity index (χ3v) is 5.00. The van der Waals surface area contributed by atoms with Gasteiger partial charge in [-0.05, 0) is 59.8 Å². The maximum atomic E-state index is 4.54. The highest BCUT2D eigenvalue weighted by atomic mass is 79.9. The van der Waals surface area contributed by atoms with E-state index in [0.29, 0.717) is 0 Å². The largest absolute Gasteiger partial charge is 0.355 e. The van der Waals surface area contributed by atoms with Gasteiger partial charge in [-0.1, -0.05) is 0 Å². The Balaban J connectivity index is 1.82. The van der Waals surface area contributed by atoms with Crippen molar-refractivity contribution in [2.24, 2.45) is 5.92 Å². The molecule has 92 valence electrons. The summed E-state index contributed by atoms with van der Waals surface area (Å²) in [6, 6.07) is 2.80. The van der Waals surface area contributed by atoms with E-state index in [4.69, 9.17) is 0 Å². The van der Waals surface area contributed by atoms with Crippen molar-refractivity contribution >= 4 is 21.7 Å². The van der Waals surface area contributed by atoms with Crippen LogP contribution in [0.25, 0.3) is 0 Å². The number of hydrogen-bond donors (Lipinski definition) is 1. The summed E-state index contributed by atoms with van der Waals surface area (Å²) in [4.78, 5) is 6.97. The summed E-state index contributed by atoms with van der Waals surface area (Å²) in [7, 11) is 0. The summed E-state index contributed by atoms with van der Waals surface area (Å²) < 4.78 is 1.16. The van der Waals surface area contributed by atoms with Crippen molar-refractivity contribution in [2.45, 2.75) is 25.8 Å². The number of rotatable bonds is 1. The predicted octanol–water partition coefficient (Wildman–Crippen LogP) is 2.34. The Morgan fingerprint density at radius 1 is 1.47 bits per heavy atom. The Morgan fingerprint density at radius 3 is 3.24 bits per heavy atom. The average molecular weight is 296 g/mol. The van der Waals surface area contributed by atoms with Gasteiger partial charge in [0.2, 0.25) is 0 Å². The molecule has 1 aromatic rings. The van der Waals surface area contributed by atoms with Crippen LogP contribution in [0.5, 0.6) is 0 Å². The summed E-state index contributed by atoms with van der Waals surface area (Å²) >= 11 is 3.67. The standard InChI is InChI=1S/C13H18BrN3/c1-9-2-5-16-13(12(9)14)17-7-4-11-10(8-17)3-6-15-11/h2,5,10-11,15H,3-4,6-8H2,1H3. The van der Waals surface area contributed by atoms with Gasteiger partial charge in [0, 0.05) is 25.3 Å². The van der Waals surface area contributed by atoms with E-state index in [1.807, 2.05) is 6.20 Å². The lowest BCUT2D eigenvalue weighted by Crippen LogP contribution is -2.44. The molecule has 3 heterocycles. The minimum Gasteiger partial charge on any atom is -0.355 e. The van der Waals surface area contributed by atoms with Crippen LogP contribution in [0.4, 0.5) is 5.82 Å². The number of aryl methyl sites for hydroxylation is 1. The second-order valence-electron chi connectivity index (χ2n) is 5.11. The highest BCUT2D eigenvalue weighted by Gasteiger charge is 2.33. The fraction of sp³-hybridized carbons (Fsp3) is 0.615. The van der Waals surface area contributed by atoms with Crippen molar-refractivity contribution in [1.82, 2.24) is 10.3 Å². The number of piperidine rings is 1. The van der Waals surface area contributed by atoms with Crippen LogP contribution < -0.4 is 10.2 Å². The Hall–Kier alpha value is -0.610. The van der Waals surface area contributed by atoms with Gasteiger partial charge in [0.15, 0.2) is 0 Å². The van der Waals surface area contributed by atoms with Crippen LogP contribution in [0.1, 0.15) is 18.4 Å². The minimum atomic E-state index is 0.745. The van der Waals surface area contributed by atoms with Crippen LogP contribution in [0, 0.1) is 12.8 Å². The first-order valence-corrected chi connectivity index (χ1v) is 7.14. The molecular formula is C13H18BrN3. The topological polar surface area (TPSA) is 28.2 Å². The van der Waals surface area contributed by atoms with E-state index in [1.165, 1.54) is 24.9 Å². The molecule has 0 radical (unpaired) electrons. The number of halogens is 1. The molecule has 0 amide bonds. The summed E-state index contributed by atoms with van der Waals surface area (Å²) in [5, 5.41) is 3.60. The van der Waals surface area contributed by atoms with Crippen LogP contribution in [-0.2, 0) is 0 Å². The van der Waals surface area contributed by atoms with Gasteiger partial charge in [-0.25, -0.2) is 4.98 Å². The normalized spacial score (nSPS) is 28.2. The van der Waals surface area contributed by atoms with Crippen molar-refractivity contribution in [1.29, 1.82) is 0 Å². The Morgan fingerprint density at radius 2 is 2.35 bits per heavy atom. The van der Waals surface area contributed by atoms with Gasteiger partial charge in [0.05, 0.1) is 4.47 Å².